The fourth-order valence-electron chi connectivity index (χ4n) is 2.06. The van der Waals surface area contributed by atoms with Crippen LogP contribution in [-0.4, -0.2) is 50.2 Å². The number of amides is 1. The lowest BCUT2D eigenvalue weighted by Gasteiger charge is -2.09. The van der Waals surface area contributed by atoms with Crippen molar-refractivity contribution in [3.8, 4) is 0 Å². The van der Waals surface area contributed by atoms with Gasteiger partial charge in [-0.3, -0.25) is 14.9 Å². The van der Waals surface area contributed by atoms with Crippen LogP contribution < -0.4 is 16.0 Å². The first-order chi connectivity index (χ1) is 11.1. The van der Waals surface area contributed by atoms with Gasteiger partial charge in [-0.15, -0.1) is 0 Å². The number of nitrogens with zero attached hydrogens (tertiary/aromatic N) is 1. The standard InChI is InChI=1S/C15H22N4O4/c1-23-9-8-16-6-7-17-15(20)11-2-5-13(18-12-3-4-12)14(10-11)19(21)22/h2,5,10,12,16,18H,3-4,6-9H2,1H3,(H,17,20). The highest BCUT2D eigenvalue weighted by Crippen LogP contribution is 2.31. The van der Waals surface area contributed by atoms with Gasteiger partial charge in [-0.25, -0.2) is 0 Å². The van der Waals surface area contributed by atoms with Gasteiger partial charge in [0.2, 0.25) is 0 Å². The Morgan fingerprint density at radius 2 is 2.13 bits per heavy atom. The Hall–Kier alpha value is -2.19. The molecule has 1 amide bonds. The molecule has 1 aliphatic carbocycles. The average molecular weight is 322 g/mol. The van der Waals surface area contributed by atoms with Crippen molar-refractivity contribution in [2.45, 2.75) is 18.9 Å². The van der Waals surface area contributed by atoms with E-state index in [0.717, 1.165) is 12.8 Å². The minimum atomic E-state index is -0.464. The number of hydrogen-bond donors (Lipinski definition) is 3. The third kappa shape index (κ3) is 5.50. The van der Waals surface area contributed by atoms with Crippen LogP contribution in [0.3, 0.4) is 0 Å². The number of methoxy groups -OCH3 is 1. The Kier molecular flexibility index (Phi) is 6.30. The zero-order valence-corrected chi connectivity index (χ0v) is 13.1. The van der Waals surface area contributed by atoms with E-state index in [1.807, 2.05) is 0 Å². The van der Waals surface area contributed by atoms with Crippen LogP contribution in [0.25, 0.3) is 0 Å². The van der Waals surface area contributed by atoms with Gasteiger partial charge in [0.1, 0.15) is 5.69 Å². The molecule has 1 saturated carbocycles. The second-order valence-electron chi connectivity index (χ2n) is 5.41. The second kappa shape index (κ2) is 8.44. The van der Waals surface area contributed by atoms with E-state index in [2.05, 4.69) is 16.0 Å². The molecule has 3 N–H and O–H groups in total. The molecule has 0 bridgehead atoms. The SMILES string of the molecule is COCCNCCNC(=O)c1ccc(NC2CC2)c([N+](=O)[O-])c1. The van der Waals surface area contributed by atoms with E-state index in [0.29, 0.717) is 38.0 Å². The summed E-state index contributed by atoms with van der Waals surface area (Å²) in [7, 11) is 1.62. The fraction of sp³-hybridized carbons (Fsp3) is 0.533. The zero-order valence-electron chi connectivity index (χ0n) is 13.1. The quantitative estimate of drug-likeness (QED) is 0.339. The molecular weight excluding hydrogens is 300 g/mol. The van der Waals surface area contributed by atoms with Gasteiger partial charge in [0.05, 0.1) is 11.5 Å². The van der Waals surface area contributed by atoms with E-state index in [-0.39, 0.29) is 17.2 Å². The van der Waals surface area contributed by atoms with Crippen LogP contribution in [-0.2, 0) is 4.74 Å². The summed E-state index contributed by atoms with van der Waals surface area (Å²) in [5.74, 6) is -0.320. The van der Waals surface area contributed by atoms with E-state index in [4.69, 9.17) is 4.74 Å². The summed E-state index contributed by atoms with van der Waals surface area (Å²) in [6, 6.07) is 4.83. The van der Waals surface area contributed by atoms with Crippen molar-refractivity contribution in [2.24, 2.45) is 0 Å². The smallest absolute Gasteiger partial charge is 0.293 e. The molecule has 2 rings (SSSR count). The summed E-state index contributed by atoms with van der Waals surface area (Å²) in [5.41, 5.74) is 0.688. The maximum atomic E-state index is 12.0. The average Bonchev–Trinajstić information content (AvgIpc) is 3.34. The number of rotatable bonds is 10. The van der Waals surface area contributed by atoms with E-state index in [1.54, 1.807) is 19.2 Å². The first-order valence-corrected chi connectivity index (χ1v) is 7.64. The molecule has 0 aliphatic heterocycles. The Labute approximate surface area is 134 Å². The monoisotopic (exact) mass is 322 g/mol. The van der Waals surface area contributed by atoms with Crippen molar-refractivity contribution >= 4 is 17.3 Å². The van der Waals surface area contributed by atoms with E-state index < -0.39 is 4.92 Å². The number of anilines is 1. The summed E-state index contributed by atoms with van der Waals surface area (Å²) in [5, 5.41) is 20.1. The van der Waals surface area contributed by atoms with Crippen molar-refractivity contribution in [3.05, 3.63) is 33.9 Å². The molecule has 0 heterocycles. The normalized spacial score (nSPS) is 13.6. The van der Waals surface area contributed by atoms with Crippen LogP contribution in [0.5, 0.6) is 0 Å². The van der Waals surface area contributed by atoms with Crippen molar-refractivity contribution in [2.75, 3.05) is 38.7 Å². The Morgan fingerprint density at radius 3 is 2.78 bits per heavy atom. The van der Waals surface area contributed by atoms with Crippen LogP contribution in [0.1, 0.15) is 23.2 Å². The van der Waals surface area contributed by atoms with Gasteiger partial charge < -0.3 is 20.7 Å². The van der Waals surface area contributed by atoms with Crippen molar-refractivity contribution < 1.29 is 14.5 Å². The molecule has 0 unspecified atom stereocenters. The third-order valence-corrected chi connectivity index (χ3v) is 3.46. The number of nitro groups is 1. The number of carbonyl (C=O) groups excluding carboxylic acids is 1. The summed E-state index contributed by atoms with van der Waals surface area (Å²) >= 11 is 0. The number of carbonyl (C=O) groups is 1. The molecule has 0 aromatic heterocycles. The lowest BCUT2D eigenvalue weighted by atomic mass is 10.1. The van der Waals surface area contributed by atoms with Crippen molar-refractivity contribution in [1.29, 1.82) is 0 Å². The predicted molar refractivity (Wildman–Crippen MR) is 86.8 cm³/mol. The maximum Gasteiger partial charge on any atom is 0.293 e. The third-order valence-electron chi connectivity index (χ3n) is 3.46. The highest BCUT2D eigenvalue weighted by Gasteiger charge is 2.25. The molecule has 0 spiro atoms. The number of ether oxygens (including phenoxy) is 1. The number of nitro benzene ring substituents is 1. The number of nitrogens with one attached hydrogen (secondary N) is 3. The zero-order chi connectivity index (χ0) is 16.7. The van der Waals surface area contributed by atoms with Gasteiger partial charge >= 0.3 is 0 Å². The Balaban J connectivity index is 1.89. The lowest BCUT2D eigenvalue weighted by molar-refractivity contribution is -0.384. The van der Waals surface area contributed by atoms with Crippen LogP contribution in [0.4, 0.5) is 11.4 Å². The van der Waals surface area contributed by atoms with Gasteiger partial charge in [-0.2, -0.15) is 0 Å². The summed E-state index contributed by atoms with van der Waals surface area (Å²) in [6.45, 7) is 2.37. The molecule has 23 heavy (non-hydrogen) atoms. The fourth-order valence-corrected chi connectivity index (χ4v) is 2.06. The van der Waals surface area contributed by atoms with Crippen LogP contribution in [0.2, 0.25) is 0 Å². The Bertz CT molecular complexity index is 560. The van der Waals surface area contributed by atoms with Gasteiger partial charge in [-0.05, 0) is 25.0 Å². The van der Waals surface area contributed by atoms with E-state index in [1.165, 1.54) is 6.07 Å². The van der Waals surface area contributed by atoms with Crippen molar-refractivity contribution in [1.82, 2.24) is 10.6 Å². The number of hydrogen-bond acceptors (Lipinski definition) is 6. The minimum Gasteiger partial charge on any atom is -0.383 e. The van der Waals surface area contributed by atoms with Crippen LogP contribution in [0.15, 0.2) is 18.2 Å². The van der Waals surface area contributed by atoms with Crippen LogP contribution >= 0.6 is 0 Å². The molecule has 126 valence electrons. The van der Waals surface area contributed by atoms with Gasteiger partial charge in [0.25, 0.3) is 11.6 Å². The van der Waals surface area contributed by atoms with Gasteiger partial charge in [0, 0.05) is 44.4 Å². The second-order valence-corrected chi connectivity index (χ2v) is 5.41. The highest BCUT2D eigenvalue weighted by atomic mass is 16.6. The van der Waals surface area contributed by atoms with E-state index in [9.17, 15) is 14.9 Å². The largest absolute Gasteiger partial charge is 0.383 e. The van der Waals surface area contributed by atoms with Gasteiger partial charge in [-0.1, -0.05) is 0 Å². The predicted octanol–water partition coefficient (Wildman–Crippen LogP) is 1.13. The maximum absolute atomic E-state index is 12.0. The summed E-state index contributed by atoms with van der Waals surface area (Å²) < 4.78 is 4.90. The molecule has 0 saturated heterocycles. The minimum absolute atomic E-state index is 0.0669. The topological polar surface area (TPSA) is 106 Å². The summed E-state index contributed by atoms with van der Waals surface area (Å²) in [6.07, 6.45) is 2.05. The first-order valence-electron chi connectivity index (χ1n) is 7.64. The highest BCUT2D eigenvalue weighted by molar-refractivity contribution is 5.95. The molecule has 1 fully saturated rings. The molecule has 1 aromatic rings. The number of benzene rings is 1. The molecule has 0 radical (unpaired) electrons. The molecule has 1 aromatic carbocycles. The summed E-state index contributed by atoms with van der Waals surface area (Å²) in [4.78, 5) is 22.8. The lowest BCUT2D eigenvalue weighted by Crippen LogP contribution is -2.33. The first kappa shape index (κ1) is 17.2. The van der Waals surface area contributed by atoms with Crippen molar-refractivity contribution in [3.63, 3.8) is 0 Å². The van der Waals surface area contributed by atoms with E-state index >= 15 is 0 Å². The molecule has 0 atom stereocenters. The molecule has 1 aliphatic rings. The van der Waals surface area contributed by atoms with Crippen LogP contribution in [0, 0.1) is 10.1 Å². The molecule has 8 nitrogen and oxygen atoms in total. The molecular formula is C15H22N4O4. The Morgan fingerprint density at radius 1 is 1.35 bits per heavy atom. The molecule has 8 heteroatoms. The van der Waals surface area contributed by atoms with Gasteiger partial charge in [0.15, 0.2) is 0 Å².